The molecule has 2 aromatic heterocycles. The van der Waals surface area contributed by atoms with Crippen molar-refractivity contribution < 1.29 is 5.11 Å². The molecule has 3 aromatic rings. The second kappa shape index (κ2) is 5.46. The van der Waals surface area contributed by atoms with Gasteiger partial charge in [0, 0.05) is 28.6 Å². The van der Waals surface area contributed by atoms with E-state index < -0.39 is 6.10 Å². The predicted octanol–water partition coefficient (Wildman–Crippen LogP) is 3.33. The van der Waals surface area contributed by atoms with Gasteiger partial charge in [-0.3, -0.25) is 9.78 Å². The summed E-state index contributed by atoms with van der Waals surface area (Å²) in [6, 6.07) is 7.76. The number of rotatable bonds is 1. The number of hydrogen-bond donors (Lipinski definition) is 1. The molecule has 0 amide bonds. The van der Waals surface area contributed by atoms with E-state index in [1.165, 1.54) is 0 Å². The molecule has 1 aliphatic carbocycles. The fourth-order valence-corrected chi connectivity index (χ4v) is 3.82. The van der Waals surface area contributed by atoms with Crippen molar-refractivity contribution in [1.29, 1.82) is 0 Å². The summed E-state index contributed by atoms with van der Waals surface area (Å²) >= 11 is 0. The van der Waals surface area contributed by atoms with Crippen LogP contribution in [0.15, 0.2) is 41.5 Å². The number of nitrogens with zero attached hydrogens (tertiary/aromatic N) is 2. The van der Waals surface area contributed by atoms with Crippen LogP contribution in [0.2, 0.25) is 0 Å². The number of aliphatic hydroxyl groups is 1. The number of benzene rings is 1. The summed E-state index contributed by atoms with van der Waals surface area (Å²) in [7, 11) is 0. The Morgan fingerprint density at radius 1 is 1.17 bits per heavy atom. The van der Waals surface area contributed by atoms with E-state index in [0.717, 1.165) is 47.5 Å². The predicted molar refractivity (Wildman–Crippen MR) is 91.8 cm³/mol. The molecule has 4 heteroatoms. The van der Waals surface area contributed by atoms with Crippen LogP contribution in [-0.2, 0) is 0 Å². The molecule has 23 heavy (non-hydrogen) atoms. The average molecular weight is 308 g/mol. The molecule has 4 nitrogen and oxygen atoms in total. The first-order valence-electron chi connectivity index (χ1n) is 8.24. The molecule has 4 rings (SSSR count). The van der Waals surface area contributed by atoms with Crippen LogP contribution in [0.3, 0.4) is 0 Å². The molecule has 118 valence electrons. The van der Waals surface area contributed by atoms with E-state index in [4.69, 9.17) is 0 Å². The molecule has 1 fully saturated rings. The second-order valence-electron chi connectivity index (χ2n) is 6.50. The Morgan fingerprint density at radius 3 is 2.83 bits per heavy atom. The van der Waals surface area contributed by atoms with Gasteiger partial charge in [0.1, 0.15) is 0 Å². The van der Waals surface area contributed by atoms with Crippen LogP contribution in [0.25, 0.3) is 21.7 Å². The van der Waals surface area contributed by atoms with Gasteiger partial charge in [-0.05, 0) is 43.5 Å². The van der Waals surface area contributed by atoms with Gasteiger partial charge in [-0.2, -0.15) is 0 Å². The summed E-state index contributed by atoms with van der Waals surface area (Å²) in [5, 5.41) is 12.9. The Hall–Kier alpha value is -2.20. The van der Waals surface area contributed by atoms with E-state index in [1.807, 2.05) is 37.4 Å². The Balaban J connectivity index is 1.98. The van der Waals surface area contributed by atoms with Gasteiger partial charge in [0.05, 0.1) is 17.7 Å². The number of fused-ring (bicyclic) bond motifs is 3. The first-order chi connectivity index (χ1) is 11.2. The molecular formula is C19H20N2O2. The fourth-order valence-electron chi connectivity index (χ4n) is 3.82. The van der Waals surface area contributed by atoms with Crippen molar-refractivity contribution in [1.82, 2.24) is 9.55 Å². The van der Waals surface area contributed by atoms with Gasteiger partial charge in [-0.25, -0.2) is 0 Å². The molecular weight excluding hydrogens is 288 g/mol. The van der Waals surface area contributed by atoms with E-state index in [9.17, 15) is 9.90 Å². The molecule has 1 N–H and O–H groups in total. The van der Waals surface area contributed by atoms with Gasteiger partial charge < -0.3 is 9.67 Å². The Kier molecular flexibility index (Phi) is 3.42. The van der Waals surface area contributed by atoms with Crippen LogP contribution in [0.5, 0.6) is 0 Å². The van der Waals surface area contributed by atoms with Crippen LogP contribution < -0.4 is 5.56 Å². The van der Waals surface area contributed by atoms with Crippen molar-refractivity contribution in [3.63, 3.8) is 0 Å². The highest BCUT2D eigenvalue weighted by molar-refractivity contribution is 6.06. The van der Waals surface area contributed by atoms with Crippen molar-refractivity contribution in [2.24, 2.45) is 0 Å². The number of hydrogen-bond acceptors (Lipinski definition) is 3. The summed E-state index contributed by atoms with van der Waals surface area (Å²) in [6.07, 6.45) is 6.88. The highest BCUT2D eigenvalue weighted by atomic mass is 16.3. The maximum absolute atomic E-state index is 13.0. The zero-order chi connectivity index (χ0) is 16.0. The fraction of sp³-hybridized carbons (Fsp3) is 0.368. The molecule has 1 aromatic carbocycles. The lowest BCUT2D eigenvalue weighted by molar-refractivity contribution is 0.0740. The third-order valence-corrected chi connectivity index (χ3v) is 5.06. The minimum atomic E-state index is -0.432. The van der Waals surface area contributed by atoms with Gasteiger partial charge in [0.2, 0.25) is 0 Å². The molecule has 2 unspecified atom stereocenters. The number of aliphatic hydroxyl groups excluding tert-OH is 1. The SMILES string of the molecule is Cc1cc2c(=O)n(C3CCCCC3O)ccc2c2ncccc12. The van der Waals surface area contributed by atoms with Gasteiger partial charge in [-0.15, -0.1) is 0 Å². The Labute approximate surface area is 134 Å². The topological polar surface area (TPSA) is 55.1 Å². The van der Waals surface area contributed by atoms with Gasteiger partial charge >= 0.3 is 0 Å². The molecule has 0 radical (unpaired) electrons. The molecule has 2 atom stereocenters. The third-order valence-electron chi connectivity index (χ3n) is 5.06. The van der Waals surface area contributed by atoms with Gasteiger partial charge in [0.15, 0.2) is 0 Å². The average Bonchev–Trinajstić information content (AvgIpc) is 2.57. The van der Waals surface area contributed by atoms with Crippen LogP contribution in [-0.4, -0.2) is 20.8 Å². The molecule has 0 bridgehead atoms. The van der Waals surface area contributed by atoms with E-state index in [2.05, 4.69) is 4.98 Å². The number of aromatic nitrogens is 2. The third kappa shape index (κ3) is 2.25. The summed E-state index contributed by atoms with van der Waals surface area (Å²) in [5.74, 6) is 0. The highest BCUT2D eigenvalue weighted by Gasteiger charge is 2.25. The van der Waals surface area contributed by atoms with Crippen LogP contribution in [0, 0.1) is 6.92 Å². The van der Waals surface area contributed by atoms with Crippen molar-refractivity contribution in [3.8, 4) is 0 Å². The molecule has 0 aliphatic heterocycles. The van der Waals surface area contributed by atoms with Gasteiger partial charge in [0.25, 0.3) is 5.56 Å². The largest absolute Gasteiger partial charge is 0.391 e. The molecule has 0 saturated heterocycles. The summed E-state index contributed by atoms with van der Waals surface area (Å²) in [6.45, 7) is 2.01. The molecule has 0 spiro atoms. The first kappa shape index (κ1) is 14.4. The second-order valence-corrected chi connectivity index (χ2v) is 6.50. The standard InChI is InChI=1S/C19H20N2O2/c1-12-11-15-14(18-13(12)5-4-9-20-18)8-10-21(19(15)23)16-6-2-3-7-17(16)22/h4-5,8-11,16-17,22H,2-3,6-7H2,1H3. The van der Waals surface area contributed by atoms with Gasteiger partial charge in [-0.1, -0.05) is 18.9 Å². The lowest BCUT2D eigenvalue weighted by Crippen LogP contribution is -2.34. The minimum absolute atomic E-state index is 0.0240. The Morgan fingerprint density at radius 2 is 2.00 bits per heavy atom. The molecule has 1 aliphatic rings. The summed E-state index contributed by atoms with van der Waals surface area (Å²) in [5.41, 5.74) is 1.90. The minimum Gasteiger partial charge on any atom is -0.391 e. The lowest BCUT2D eigenvalue weighted by Gasteiger charge is -2.29. The zero-order valence-corrected chi connectivity index (χ0v) is 13.2. The maximum atomic E-state index is 13.0. The summed E-state index contributed by atoms with van der Waals surface area (Å²) in [4.78, 5) is 17.5. The molecule has 2 heterocycles. The number of aryl methyl sites for hydroxylation is 1. The zero-order valence-electron chi connectivity index (χ0n) is 13.2. The smallest absolute Gasteiger partial charge is 0.258 e. The van der Waals surface area contributed by atoms with Crippen molar-refractivity contribution in [2.75, 3.05) is 0 Å². The summed E-state index contributed by atoms with van der Waals surface area (Å²) < 4.78 is 1.72. The van der Waals surface area contributed by atoms with Crippen molar-refractivity contribution in [2.45, 2.75) is 44.8 Å². The van der Waals surface area contributed by atoms with Crippen LogP contribution in [0.1, 0.15) is 37.3 Å². The molecule has 1 saturated carbocycles. The monoisotopic (exact) mass is 308 g/mol. The highest BCUT2D eigenvalue weighted by Crippen LogP contribution is 2.29. The Bertz CT molecular complexity index is 945. The van der Waals surface area contributed by atoms with Crippen LogP contribution >= 0.6 is 0 Å². The number of pyridine rings is 2. The quantitative estimate of drug-likeness (QED) is 0.702. The van der Waals surface area contributed by atoms with Crippen molar-refractivity contribution in [3.05, 3.63) is 52.6 Å². The van der Waals surface area contributed by atoms with E-state index in [-0.39, 0.29) is 11.6 Å². The van der Waals surface area contributed by atoms with E-state index in [0.29, 0.717) is 5.39 Å². The maximum Gasteiger partial charge on any atom is 0.258 e. The first-order valence-corrected chi connectivity index (χ1v) is 8.24. The van der Waals surface area contributed by atoms with E-state index >= 15 is 0 Å². The normalized spacial score (nSPS) is 21.8. The van der Waals surface area contributed by atoms with Crippen LogP contribution in [0.4, 0.5) is 0 Å². The lowest BCUT2D eigenvalue weighted by atomic mass is 9.92. The van der Waals surface area contributed by atoms with Crippen molar-refractivity contribution >= 4 is 21.7 Å². The van der Waals surface area contributed by atoms with E-state index in [1.54, 1.807) is 10.8 Å².